The minimum absolute atomic E-state index is 0.648. The van der Waals surface area contributed by atoms with Gasteiger partial charge in [0.25, 0.3) is 0 Å². The van der Waals surface area contributed by atoms with Crippen molar-refractivity contribution in [1.29, 1.82) is 0 Å². The third-order valence-corrected chi connectivity index (χ3v) is 2.75. The van der Waals surface area contributed by atoms with E-state index in [4.69, 9.17) is 0 Å². The molecule has 1 aliphatic rings. The molecule has 1 heterocycles. The van der Waals surface area contributed by atoms with Gasteiger partial charge in [-0.3, -0.25) is 5.43 Å². The smallest absolute Gasteiger partial charge is 0.0256 e. The first-order valence-corrected chi connectivity index (χ1v) is 4.19. The predicted molar refractivity (Wildman–Crippen MR) is 43.6 cm³/mol. The second kappa shape index (κ2) is 2.89. The Morgan fingerprint density at radius 1 is 1.30 bits per heavy atom. The third kappa shape index (κ3) is 1.18. The lowest BCUT2D eigenvalue weighted by Gasteiger charge is -2.19. The Morgan fingerprint density at radius 2 is 1.90 bits per heavy atom. The molecule has 2 nitrogen and oxygen atoms in total. The summed E-state index contributed by atoms with van der Waals surface area (Å²) in [6.45, 7) is 10.1. The first-order valence-electron chi connectivity index (χ1n) is 4.19. The summed E-state index contributed by atoms with van der Waals surface area (Å²) in [4.78, 5) is 0. The molecule has 0 aromatic carbocycles. The Hall–Kier alpha value is -0.0800. The van der Waals surface area contributed by atoms with Gasteiger partial charge in [0.2, 0.25) is 0 Å². The summed E-state index contributed by atoms with van der Waals surface area (Å²) in [5.41, 5.74) is 3.44. The van der Waals surface area contributed by atoms with Crippen LogP contribution in [0.1, 0.15) is 27.7 Å². The molecular weight excluding hydrogens is 124 g/mol. The fourth-order valence-corrected chi connectivity index (χ4v) is 1.58. The van der Waals surface area contributed by atoms with E-state index in [1.54, 1.807) is 0 Å². The highest BCUT2D eigenvalue weighted by Gasteiger charge is 2.31. The quantitative estimate of drug-likeness (QED) is 0.592. The summed E-state index contributed by atoms with van der Waals surface area (Å²) < 4.78 is 0. The maximum absolute atomic E-state index is 3.44. The van der Waals surface area contributed by atoms with E-state index in [1.165, 1.54) is 0 Å². The van der Waals surface area contributed by atoms with Gasteiger partial charge in [-0.05, 0) is 19.8 Å². The van der Waals surface area contributed by atoms with E-state index in [-0.39, 0.29) is 0 Å². The van der Waals surface area contributed by atoms with Crippen molar-refractivity contribution >= 4 is 0 Å². The van der Waals surface area contributed by atoms with Crippen LogP contribution in [0.3, 0.4) is 0 Å². The highest BCUT2D eigenvalue weighted by atomic mass is 15.6. The van der Waals surface area contributed by atoms with Gasteiger partial charge in [-0.1, -0.05) is 13.8 Å². The molecule has 1 N–H and O–H groups in total. The molecule has 1 rings (SSSR count). The number of hydrogen-bond donors (Lipinski definition) is 1. The Morgan fingerprint density at radius 3 is 2.10 bits per heavy atom. The molecule has 0 saturated carbocycles. The molecule has 1 unspecified atom stereocenters. The van der Waals surface area contributed by atoms with Gasteiger partial charge in [0.05, 0.1) is 0 Å². The van der Waals surface area contributed by atoms with Crippen molar-refractivity contribution in [3.63, 3.8) is 0 Å². The Kier molecular flexibility index (Phi) is 2.32. The van der Waals surface area contributed by atoms with Crippen LogP contribution in [0.15, 0.2) is 0 Å². The standard InChI is InChI=1S/C8H18N2/c1-5-10-8(4)6(2)7(3)9-10/h6-9H,5H2,1-4H3/t6-,7-,8?/m1/s1. The number of rotatable bonds is 1. The zero-order valence-electron chi connectivity index (χ0n) is 7.39. The molecule has 1 aliphatic heterocycles. The van der Waals surface area contributed by atoms with Crippen molar-refractivity contribution in [2.45, 2.75) is 39.8 Å². The van der Waals surface area contributed by atoms with Gasteiger partial charge in [-0.25, -0.2) is 5.01 Å². The van der Waals surface area contributed by atoms with Gasteiger partial charge in [-0.15, -0.1) is 0 Å². The van der Waals surface area contributed by atoms with Crippen LogP contribution in [0.4, 0.5) is 0 Å². The van der Waals surface area contributed by atoms with E-state index in [2.05, 4.69) is 38.1 Å². The molecule has 0 aliphatic carbocycles. The number of nitrogens with one attached hydrogen (secondary N) is 1. The molecular formula is C8H18N2. The molecule has 0 radical (unpaired) electrons. The summed E-state index contributed by atoms with van der Waals surface area (Å²) >= 11 is 0. The zero-order valence-corrected chi connectivity index (χ0v) is 7.39. The van der Waals surface area contributed by atoms with Crippen LogP contribution in [-0.2, 0) is 0 Å². The van der Waals surface area contributed by atoms with Crippen molar-refractivity contribution < 1.29 is 0 Å². The molecule has 0 aromatic heterocycles. The van der Waals surface area contributed by atoms with E-state index in [1.807, 2.05) is 0 Å². The molecule has 1 saturated heterocycles. The number of hydrogen-bond acceptors (Lipinski definition) is 2. The molecule has 0 amide bonds. The van der Waals surface area contributed by atoms with E-state index < -0.39 is 0 Å². The largest absolute Gasteiger partial charge is 0.252 e. The molecule has 0 aromatic rings. The first kappa shape index (κ1) is 8.02. The SMILES string of the molecule is CCN1N[C@H](C)[C@@H](C)C1C. The highest BCUT2D eigenvalue weighted by molar-refractivity contribution is 4.84. The average molecular weight is 142 g/mol. The zero-order chi connectivity index (χ0) is 7.72. The minimum atomic E-state index is 0.648. The second-order valence-corrected chi connectivity index (χ2v) is 3.30. The van der Waals surface area contributed by atoms with E-state index >= 15 is 0 Å². The van der Waals surface area contributed by atoms with Gasteiger partial charge >= 0.3 is 0 Å². The van der Waals surface area contributed by atoms with Crippen LogP contribution in [0.5, 0.6) is 0 Å². The Labute approximate surface area is 63.6 Å². The molecule has 3 atom stereocenters. The van der Waals surface area contributed by atoms with Gasteiger partial charge in [0, 0.05) is 18.6 Å². The summed E-state index contributed by atoms with van der Waals surface area (Å²) in [5.74, 6) is 0.778. The van der Waals surface area contributed by atoms with Crippen molar-refractivity contribution in [3.05, 3.63) is 0 Å². The Bertz CT molecular complexity index is 114. The fraction of sp³-hybridized carbons (Fsp3) is 1.00. The summed E-state index contributed by atoms with van der Waals surface area (Å²) in [5, 5.41) is 2.31. The van der Waals surface area contributed by atoms with Gasteiger partial charge in [0.15, 0.2) is 0 Å². The summed E-state index contributed by atoms with van der Waals surface area (Å²) in [7, 11) is 0. The van der Waals surface area contributed by atoms with Crippen LogP contribution in [0, 0.1) is 5.92 Å². The predicted octanol–water partition coefficient (Wildman–Crippen LogP) is 1.24. The van der Waals surface area contributed by atoms with E-state index in [0.29, 0.717) is 12.1 Å². The van der Waals surface area contributed by atoms with Crippen LogP contribution >= 0.6 is 0 Å². The molecule has 60 valence electrons. The fourth-order valence-electron chi connectivity index (χ4n) is 1.58. The number of nitrogens with zero attached hydrogens (tertiary/aromatic N) is 1. The van der Waals surface area contributed by atoms with E-state index in [0.717, 1.165) is 12.5 Å². The average Bonchev–Trinajstić information content (AvgIpc) is 2.17. The molecule has 0 bridgehead atoms. The molecule has 1 fully saturated rings. The maximum atomic E-state index is 3.44. The summed E-state index contributed by atoms with van der Waals surface area (Å²) in [6, 6.07) is 1.34. The van der Waals surface area contributed by atoms with Crippen LogP contribution in [-0.4, -0.2) is 23.6 Å². The minimum Gasteiger partial charge on any atom is -0.252 e. The normalized spacial score (nSPS) is 42.6. The topological polar surface area (TPSA) is 15.3 Å². The lowest BCUT2D eigenvalue weighted by atomic mass is 9.99. The molecule has 0 spiro atoms. The van der Waals surface area contributed by atoms with Gasteiger partial charge in [0.1, 0.15) is 0 Å². The highest BCUT2D eigenvalue weighted by Crippen LogP contribution is 2.19. The molecule has 10 heavy (non-hydrogen) atoms. The maximum Gasteiger partial charge on any atom is 0.0256 e. The lowest BCUT2D eigenvalue weighted by molar-refractivity contribution is 0.194. The van der Waals surface area contributed by atoms with Crippen LogP contribution < -0.4 is 5.43 Å². The lowest BCUT2D eigenvalue weighted by Crippen LogP contribution is -2.37. The van der Waals surface area contributed by atoms with Crippen molar-refractivity contribution in [2.75, 3.05) is 6.54 Å². The first-order chi connectivity index (χ1) is 4.66. The second-order valence-electron chi connectivity index (χ2n) is 3.30. The monoisotopic (exact) mass is 142 g/mol. The van der Waals surface area contributed by atoms with Crippen molar-refractivity contribution in [2.24, 2.45) is 5.92 Å². The summed E-state index contributed by atoms with van der Waals surface area (Å²) in [6.07, 6.45) is 0. The van der Waals surface area contributed by atoms with Crippen LogP contribution in [0.25, 0.3) is 0 Å². The van der Waals surface area contributed by atoms with Crippen LogP contribution in [0.2, 0.25) is 0 Å². The van der Waals surface area contributed by atoms with Gasteiger partial charge in [-0.2, -0.15) is 0 Å². The third-order valence-electron chi connectivity index (χ3n) is 2.75. The van der Waals surface area contributed by atoms with Crippen molar-refractivity contribution in [3.8, 4) is 0 Å². The van der Waals surface area contributed by atoms with Gasteiger partial charge < -0.3 is 0 Å². The Balaban J connectivity index is 2.53. The van der Waals surface area contributed by atoms with E-state index in [9.17, 15) is 0 Å². The van der Waals surface area contributed by atoms with Crippen molar-refractivity contribution in [1.82, 2.24) is 10.4 Å². The molecule has 2 heteroatoms. The number of hydrazine groups is 1.